The molecule has 2 aromatic carbocycles. The molecule has 0 unspecified atom stereocenters. The van der Waals surface area contributed by atoms with E-state index in [2.05, 4.69) is 43.1 Å². The Labute approximate surface area is 109 Å². The van der Waals surface area contributed by atoms with E-state index >= 15 is 0 Å². The van der Waals surface area contributed by atoms with Crippen molar-refractivity contribution in [2.24, 2.45) is 0 Å². The van der Waals surface area contributed by atoms with Crippen LogP contribution in [0.5, 0.6) is 5.75 Å². The molecule has 0 amide bonds. The van der Waals surface area contributed by atoms with E-state index in [9.17, 15) is 0 Å². The predicted octanol–water partition coefficient (Wildman–Crippen LogP) is 3.05. The Kier molecular flexibility index (Phi) is 3.88. The quantitative estimate of drug-likeness (QED) is 0.790. The molecule has 0 heterocycles. The first kappa shape index (κ1) is 12.2. The van der Waals surface area contributed by atoms with Gasteiger partial charge in [-0.25, -0.2) is 0 Å². The molecular formula is C15H16OSe. The number of methoxy groups -OCH3 is 1. The maximum absolute atomic E-state index is 5.17. The predicted molar refractivity (Wildman–Crippen MR) is 74.4 cm³/mol. The van der Waals surface area contributed by atoms with Gasteiger partial charge < -0.3 is 0 Å². The Hall–Kier alpha value is -1.24. The second-order valence-electron chi connectivity index (χ2n) is 3.91. The van der Waals surface area contributed by atoms with E-state index in [0.717, 1.165) is 5.75 Å². The van der Waals surface area contributed by atoms with Gasteiger partial charge in [0, 0.05) is 0 Å². The third-order valence-corrected chi connectivity index (χ3v) is 4.68. The van der Waals surface area contributed by atoms with Gasteiger partial charge in [0.25, 0.3) is 0 Å². The summed E-state index contributed by atoms with van der Waals surface area (Å²) in [5, 5.41) is 0. The zero-order valence-corrected chi connectivity index (χ0v) is 12.1. The summed E-state index contributed by atoms with van der Waals surface area (Å²) >= 11 is 0.548. The molecular weight excluding hydrogens is 275 g/mol. The number of rotatable bonds is 3. The summed E-state index contributed by atoms with van der Waals surface area (Å²) in [6.45, 7) is 2.18. The first-order valence-corrected chi connectivity index (χ1v) is 8.10. The fourth-order valence-electron chi connectivity index (χ4n) is 1.78. The van der Waals surface area contributed by atoms with E-state index in [1.807, 2.05) is 12.1 Å². The van der Waals surface area contributed by atoms with Crippen LogP contribution in [0.15, 0.2) is 42.5 Å². The molecule has 0 saturated carbocycles. The summed E-state index contributed by atoms with van der Waals surface area (Å²) in [7, 11) is 1.69. The molecule has 0 radical (unpaired) electrons. The van der Waals surface area contributed by atoms with Crippen molar-refractivity contribution in [1.82, 2.24) is 0 Å². The SMILES string of the molecule is COc1ccc(-c2ccc(C)c([Se]C)c2)cc1. The van der Waals surface area contributed by atoms with Gasteiger partial charge in [0.05, 0.1) is 0 Å². The van der Waals surface area contributed by atoms with E-state index in [-0.39, 0.29) is 0 Å². The van der Waals surface area contributed by atoms with Gasteiger partial charge in [0.1, 0.15) is 0 Å². The second-order valence-corrected chi connectivity index (χ2v) is 5.69. The fraction of sp³-hybridized carbons (Fsp3) is 0.200. The van der Waals surface area contributed by atoms with Gasteiger partial charge in [-0.2, -0.15) is 0 Å². The Morgan fingerprint density at radius 2 is 1.59 bits per heavy atom. The molecule has 0 aliphatic heterocycles. The summed E-state index contributed by atoms with van der Waals surface area (Å²) in [5.74, 6) is 3.16. The van der Waals surface area contributed by atoms with Crippen molar-refractivity contribution < 1.29 is 4.74 Å². The van der Waals surface area contributed by atoms with Crippen LogP contribution in [0.1, 0.15) is 5.56 Å². The molecule has 0 aliphatic rings. The van der Waals surface area contributed by atoms with Gasteiger partial charge in [-0.05, 0) is 0 Å². The molecule has 0 fully saturated rings. The molecule has 0 atom stereocenters. The van der Waals surface area contributed by atoms with Crippen LogP contribution in [0.2, 0.25) is 5.82 Å². The zero-order valence-electron chi connectivity index (χ0n) is 10.4. The van der Waals surface area contributed by atoms with Gasteiger partial charge in [0.15, 0.2) is 0 Å². The van der Waals surface area contributed by atoms with Crippen LogP contribution in [-0.2, 0) is 0 Å². The van der Waals surface area contributed by atoms with Crippen LogP contribution in [-0.4, -0.2) is 22.1 Å². The molecule has 0 bridgehead atoms. The average molecular weight is 291 g/mol. The molecule has 2 heteroatoms. The summed E-state index contributed by atoms with van der Waals surface area (Å²) in [4.78, 5) is 0. The molecule has 1 nitrogen and oxygen atoms in total. The van der Waals surface area contributed by atoms with Crippen LogP contribution in [0.25, 0.3) is 11.1 Å². The van der Waals surface area contributed by atoms with Crippen molar-refractivity contribution >= 4 is 19.4 Å². The van der Waals surface area contributed by atoms with E-state index in [4.69, 9.17) is 4.74 Å². The zero-order chi connectivity index (χ0) is 12.3. The van der Waals surface area contributed by atoms with Crippen molar-refractivity contribution in [1.29, 1.82) is 0 Å². The van der Waals surface area contributed by atoms with Crippen LogP contribution in [0, 0.1) is 6.92 Å². The fourth-order valence-corrected chi connectivity index (χ4v) is 3.11. The summed E-state index contributed by atoms with van der Waals surface area (Å²) in [6.07, 6.45) is 0. The van der Waals surface area contributed by atoms with Crippen LogP contribution >= 0.6 is 0 Å². The average Bonchev–Trinajstić information content (AvgIpc) is 2.39. The van der Waals surface area contributed by atoms with Crippen molar-refractivity contribution in [2.75, 3.05) is 7.11 Å². The van der Waals surface area contributed by atoms with Gasteiger partial charge in [-0.1, -0.05) is 0 Å². The third-order valence-electron chi connectivity index (χ3n) is 2.83. The Balaban J connectivity index is 2.38. The van der Waals surface area contributed by atoms with Crippen LogP contribution in [0.4, 0.5) is 0 Å². The van der Waals surface area contributed by atoms with E-state index in [1.54, 1.807) is 7.11 Å². The summed E-state index contributed by atoms with van der Waals surface area (Å²) < 4.78 is 6.65. The molecule has 0 N–H and O–H groups in total. The topological polar surface area (TPSA) is 9.23 Å². The van der Waals surface area contributed by atoms with Crippen molar-refractivity contribution in [3.8, 4) is 16.9 Å². The normalized spacial score (nSPS) is 10.3. The van der Waals surface area contributed by atoms with Crippen molar-refractivity contribution in [3.63, 3.8) is 0 Å². The monoisotopic (exact) mass is 292 g/mol. The first-order valence-electron chi connectivity index (χ1n) is 5.53. The first-order chi connectivity index (χ1) is 8.24. The molecule has 17 heavy (non-hydrogen) atoms. The van der Waals surface area contributed by atoms with Gasteiger partial charge in [-0.3, -0.25) is 0 Å². The molecule has 2 rings (SSSR count). The second kappa shape index (κ2) is 5.39. The Morgan fingerprint density at radius 1 is 0.941 bits per heavy atom. The number of hydrogen-bond acceptors (Lipinski definition) is 1. The summed E-state index contributed by atoms with van der Waals surface area (Å²) in [5.41, 5.74) is 3.93. The molecule has 0 saturated heterocycles. The van der Waals surface area contributed by atoms with E-state index in [1.165, 1.54) is 21.2 Å². The molecule has 0 spiro atoms. The molecule has 0 aromatic heterocycles. The maximum atomic E-state index is 5.17. The molecule has 2 aromatic rings. The van der Waals surface area contributed by atoms with Crippen molar-refractivity contribution in [2.45, 2.75) is 12.7 Å². The number of benzene rings is 2. The molecule has 0 aliphatic carbocycles. The minimum absolute atomic E-state index is 0.548. The summed E-state index contributed by atoms with van der Waals surface area (Å²) in [6, 6.07) is 14.9. The van der Waals surface area contributed by atoms with E-state index < -0.39 is 0 Å². The number of aryl methyl sites for hydroxylation is 1. The van der Waals surface area contributed by atoms with Gasteiger partial charge in [0.2, 0.25) is 0 Å². The van der Waals surface area contributed by atoms with Gasteiger partial charge >= 0.3 is 109 Å². The molecule has 88 valence electrons. The van der Waals surface area contributed by atoms with Gasteiger partial charge in [-0.15, -0.1) is 0 Å². The van der Waals surface area contributed by atoms with Crippen LogP contribution < -0.4 is 9.20 Å². The van der Waals surface area contributed by atoms with Crippen LogP contribution in [0.3, 0.4) is 0 Å². The standard InChI is InChI=1S/C15H16OSe/c1-11-4-5-13(10-15(11)17-3)12-6-8-14(16-2)9-7-12/h4-10H,1-3H3. The number of hydrogen-bond donors (Lipinski definition) is 0. The minimum atomic E-state index is 0.548. The Morgan fingerprint density at radius 3 is 2.18 bits per heavy atom. The number of ether oxygens (including phenoxy) is 1. The van der Waals surface area contributed by atoms with Crippen molar-refractivity contribution in [3.05, 3.63) is 48.0 Å². The Bertz CT molecular complexity index is 503. The third kappa shape index (κ3) is 2.71. The van der Waals surface area contributed by atoms with E-state index in [0.29, 0.717) is 15.0 Å².